The third kappa shape index (κ3) is 2.81. The summed E-state index contributed by atoms with van der Waals surface area (Å²) in [4.78, 5) is 0. The monoisotopic (exact) mass is 181 g/mol. The number of rotatable bonds is 3. The summed E-state index contributed by atoms with van der Waals surface area (Å²) < 4.78 is 13.1. The van der Waals surface area contributed by atoms with Crippen LogP contribution in [0.25, 0.3) is 0 Å². The number of hydrogen-bond acceptors (Lipinski definition) is 1. The molecule has 0 amide bonds. The zero-order valence-corrected chi connectivity index (χ0v) is 8.18. The van der Waals surface area contributed by atoms with E-state index in [4.69, 9.17) is 5.73 Å². The van der Waals surface area contributed by atoms with Crippen molar-refractivity contribution in [1.82, 2.24) is 0 Å². The van der Waals surface area contributed by atoms with Gasteiger partial charge in [0.05, 0.1) is 0 Å². The largest absolute Gasteiger partial charge is 0.327 e. The SMILES string of the molecule is CCC(N)Cc1ccc(C)c(F)c1. The van der Waals surface area contributed by atoms with E-state index >= 15 is 0 Å². The third-order valence-electron chi connectivity index (χ3n) is 2.26. The van der Waals surface area contributed by atoms with Crippen LogP contribution in [0.1, 0.15) is 24.5 Å². The minimum atomic E-state index is -0.138. The van der Waals surface area contributed by atoms with E-state index in [2.05, 4.69) is 0 Å². The van der Waals surface area contributed by atoms with Gasteiger partial charge in [-0.15, -0.1) is 0 Å². The van der Waals surface area contributed by atoms with E-state index in [9.17, 15) is 4.39 Å². The van der Waals surface area contributed by atoms with Crippen molar-refractivity contribution in [3.63, 3.8) is 0 Å². The molecule has 0 saturated carbocycles. The molecule has 0 aliphatic rings. The fourth-order valence-corrected chi connectivity index (χ4v) is 1.21. The molecule has 0 aromatic heterocycles. The van der Waals surface area contributed by atoms with Crippen LogP contribution in [0.2, 0.25) is 0 Å². The molecule has 1 unspecified atom stereocenters. The van der Waals surface area contributed by atoms with Crippen molar-refractivity contribution >= 4 is 0 Å². The fourth-order valence-electron chi connectivity index (χ4n) is 1.21. The summed E-state index contributed by atoms with van der Waals surface area (Å²) in [6, 6.07) is 5.45. The Balaban J connectivity index is 2.73. The standard InChI is InChI=1S/C11H16FN/c1-3-10(13)6-9-5-4-8(2)11(12)7-9/h4-5,7,10H,3,6,13H2,1-2H3. The molecule has 0 saturated heterocycles. The summed E-state index contributed by atoms with van der Waals surface area (Å²) in [6.07, 6.45) is 1.68. The highest BCUT2D eigenvalue weighted by atomic mass is 19.1. The fraction of sp³-hybridized carbons (Fsp3) is 0.455. The van der Waals surface area contributed by atoms with Gasteiger partial charge in [-0.3, -0.25) is 0 Å². The Hall–Kier alpha value is -0.890. The van der Waals surface area contributed by atoms with Crippen LogP contribution < -0.4 is 5.73 Å². The molecule has 1 aromatic carbocycles. The summed E-state index contributed by atoms with van der Waals surface area (Å²) in [5, 5.41) is 0. The Morgan fingerprint density at radius 1 is 1.46 bits per heavy atom. The van der Waals surface area contributed by atoms with Gasteiger partial charge in [-0.1, -0.05) is 19.1 Å². The van der Waals surface area contributed by atoms with Gasteiger partial charge in [0.25, 0.3) is 0 Å². The van der Waals surface area contributed by atoms with Crippen LogP contribution >= 0.6 is 0 Å². The predicted molar refractivity (Wildman–Crippen MR) is 53.1 cm³/mol. The zero-order chi connectivity index (χ0) is 9.84. The molecule has 0 heterocycles. The van der Waals surface area contributed by atoms with Gasteiger partial charge >= 0.3 is 0 Å². The summed E-state index contributed by atoms with van der Waals surface area (Å²) in [5.41, 5.74) is 7.44. The lowest BCUT2D eigenvalue weighted by Gasteiger charge is -2.08. The molecule has 2 heteroatoms. The zero-order valence-electron chi connectivity index (χ0n) is 8.18. The molecule has 1 aromatic rings. The van der Waals surface area contributed by atoms with Crippen molar-refractivity contribution < 1.29 is 4.39 Å². The lowest BCUT2D eigenvalue weighted by atomic mass is 10.0. The second-order valence-electron chi connectivity index (χ2n) is 3.46. The second kappa shape index (κ2) is 4.38. The van der Waals surface area contributed by atoms with Crippen molar-refractivity contribution in [2.24, 2.45) is 5.73 Å². The highest BCUT2D eigenvalue weighted by Gasteiger charge is 2.03. The first-order chi connectivity index (χ1) is 6.13. The van der Waals surface area contributed by atoms with Gasteiger partial charge in [-0.2, -0.15) is 0 Å². The Morgan fingerprint density at radius 2 is 2.15 bits per heavy atom. The lowest BCUT2D eigenvalue weighted by Crippen LogP contribution is -2.21. The van der Waals surface area contributed by atoms with Crippen LogP contribution in [0.5, 0.6) is 0 Å². The average molecular weight is 181 g/mol. The lowest BCUT2D eigenvalue weighted by molar-refractivity contribution is 0.607. The van der Waals surface area contributed by atoms with Crippen LogP contribution in [0.3, 0.4) is 0 Å². The molecule has 13 heavy (non-hydrogen) atoms. The molecule has 0 aliphatic carbocycles. The molecule has 0 radical (unpaired) electrons. The van der Waals surface area contributed by atoms with E-state index in [1.54, 1.807) is 19.1 Å². The summed E-state index contributed by atoms with van der Waals surface area (Å²) in [7, 11) is 0. The molecule has 0 spiro atoms. The van der Waals surface area contributed by atoms with Gasteiger partial charge in [0.1, 0.15) is 5.82 Å². The van der Waals surface area contributed by atoms with E-state index in [-0.39, 0.29) is 11.9 Å². The number of aryl methyl sites for hydroxylation is 1. The molecule has 1 rings (SSSR count). The van der Waals surface area contributed by atoms with Crippen LogP contribution in [0.4, 0.5) is 4.39 Å². The van der Waals surface area contributed by atoms with E-state index in [0.717, 1.165) is 18.4 Å². The highest BCUT2D eigenvalue weighted by molar-refractivity contribution is 5.23. The summed E-state index contributed by atoms with van der Waals surface area (Å²) in [6.45, 7) is 3.80. The van der Waals surface area contributed by atoms with Crippen LogP contribution in [-0.4, -0.2) is 6.04 Å². The van der Waals surface area contributed by atoms with E-state index in [1.807, 2.05) is 13.0 Å². The van der Waals surface area contributed by atoms with Crippen molar-refractivity contribution in [3.05, 3.63) is 35.1 Å². The van der Waals surface area contributed by atoms with E-state index in [0.29, 0.717) is 5.56 Å². The normalized spacial score (nSPS) is 12.9. The highest BCUT2D eigenvalue weighted by Crippen LogP contribution is 2.11. The Kier molecular flexibility index (Phi) is 3.43. The van der Waals surface area contributed by atoms with Crippen molar-refractivity contribution in [2.75, 3.05) is 0 Å². The van der Waals surface area contributed by atoms with Gasteiger partial charge in [0.15, 0.2) is 0 Å². The Labute approximate surface area is 78.8 Å². The quantitative estimate of drug-likeness (QED) is 0.761. The molecule has 0 fully saturated rings. The number of nitrogens with two attached hydrogens (primary N) is 1. The maximum atomic E-state index is 13.1. The average Bonchev–Trinajstić information content (AvgIpc) is 2.11. The topological polar surface area (TPSA) is 26.0 Å². The first-order valence-corrected chi connectivity index (χ1v) is 4.64. The van der Waals surface area contributed by atoms with Gasteiger partial charge in [0, 0.05) is 6.04 Å². The van der Waals surface area contributed by atoms with Crippen molar-refractivity contribution in [2.45, 2.75) is 32.7 Å². The van der Waals surface area contributed by atoms with Crippen LogP contribution in [-0.2, 0) is 6.42 Å². The number of halogens is 1. The van der Waals surface area contributed by atoms with Gasteiger partial charge in [-0.25, -0.2) is 4.39 Å². The maximum Gasteiger partial charge on any atom is 0.126 e. The number of benzene rings is 1. The van der Waals surface area contributed by atoms with Crippen LogP contribution in [0.15, 0.2) is 18.2 Å². The molecular formula is C11H16FN. The Bertz CT molecular complexity index is 283. The van der Waals surface area contributed by atoms with Crippen LogP contribution in [0, 0.1) is 12.7 Å². The first-order valence-electron chi connectivity index (χ1n) is 4.64. The molecular weight excluding hydrogens is 165 g/mol. The predicted octanol–water partition coefficient (Wildman–Crippen LogP) is 2.41. The molecule has 0 bridgehead atoms. The Morgan fingerprint density at radius 3 is 2.69 bits per heavy atom. The second-order valence-corrected chi connectivity index (χ2v) is 3.46. The molecule has 1 atom stereocenters. The van der Waals surface area contributed by atoms with Crippen molar-refractivity contribution in [3.8, 4) is 0 Å². The van der Waals surface area contributed by atoms with Gasteiger partial charge in [-0.05, 0) is 37.0 Å². The van der Waals surface area contributed by atoms with Gasteiger partial charge < -0.3 is 5.73 Å². The van der Waals surface area contributed by atoms with Crippen molar-refractivity contribution in [1.29, 1.82) is 0 Å². The summed E-state index contributed by atoms with van der Waals surface area (Å²) in [5.74, 6) is -0.138. The maximum absolute atomic E-state index is 13.1. The summed E-state index contributed by atoms with van der Waals surface area (Å²) >= 11 is 0. The van der Waals surface area contributed by atoms with E-state index < -0.39 is 0 Å². The smallest absolute Gasteiger partial charge is 0.126 e. The first kappa shape index (κ1) is 10.2. The molecule has 72 valence electrons. The minimum absolute atomic E-state index is 0.138. The van der Waals surface area contributed by atoms with Gasteiger partial charge in [0.2, 0.25) is 0 Å². The third-order valence-corrected chi connectivity index (χ3v) is 2.26. The van der Waals surface area contributed by atoms with E-state index in [1.165, 1.54) is 0 Å². The number of hydrogen-bond donors (Lipinski definition) is 1. The molecule has 1 nitrogen and oxygen atoms in total. The molecule has 2 N–H and O–H groups in total. The molecule has 0 aliphatic heterocycles. The minimum Gasteiger partial charge on any atom is -0.327 e.